The standard InChI is InChI=1S/C11H14ClNO3/c1-7(14)8-2-3-10(9(12)6-8)16-5-4-11(13)15/h2-3,6-7,14H,4-5H2,1H3,(H2,13,15)/t7-/m0/s1. The number of hydrogen-bond acceptors (Lipinski definition) is 3. The van der Waals surface area contributed by atoms with Crippen molar-refractivity contribution in [3.8, 4) is 5.75 Å². The Morgan fingerprint density at radius 3 is 2.81 bits per heavy atom. The second kappa shape index (κ2) is 5.72. The molecule has 1 rings (SSSR count). The molecule has 1 aromatic carbocycles. The summed E-state index contributed by atoms with van der Waals surface area (Å²) in [7, 11) is 0. The fourth-order valence-electron chi connectivity index (χ4n) is 1.16. The molecule has 0 bridgehead atoms. The van der Waals surface area contributed by atoms with Gasteiger partial charge in [-0.25, -0.2) is 0 Å². The summed E-state index contributed by atoms with van der Waals surface area (Å²) in [5, 5.41) is 9.73. The molecule has 0 aliphatic carbocycles. The summed E-state index contributed by atoms with van der Waals surface area (Å²) in [6, 6.07) is 5.01. The first-order chi connectivity index (χ1) is 7.50. The van der Waals surface area contributed by atoms with Crippen LogP contribution >= 0.6 is 11.6 Å². The number of halogens is 1. The third kappa shape index (κ3) is 3.72. The Balaban J connectivity index is 2.64. The van der Waals surface area contributed by atoms with Gasteiger partial charge in [-0.3, -0.25) is 4.79 Å². The molecular formula is C11H14ClNO3. The number of aliphatic hydroxyl groups excluding tert-OH is 1. The Hall–Kier alpha value is -1.26. The highest BCUT2D eigenvalue weighted by molar-refractivity contribution is 6.32. The van der Waals surface area contributed by atoms with Gasteiger partial charge in [-0.2, -0.15) is 0 Å². The summed E-state index contributed by atoms with van der Waals surface area (Å²) in [5.74, 6) is 0.0593. The van der Waals surface area contributed by atoms with E-state index in [0.29, 0.717) is 16.3 Å². The van der Waals surface area contributed by atoms with Crippen molar-refractivity contribution < 1.29 is 14.6 Å². The molecule has 0 unspecified atom stereocenters. The van der Waals surface area contributed by atoms with E-state index in [0.717, 1.165) is 0 Å². The zero-order chi connectivity index (χ0) is 12.1. The van der Waals surface area contributed by atoms with Gasteiger partial charge in [0.05, 0.1) is 24.2 Å². The number of aliphatic hydroxyl groups is 1. The Labute approximate surface area is 99.0 Å². The first-order valence-electron chi connectivity index (χ1n) is 4.89. The van der Waals surface area contributed by atoms with Gasteiger partial charge in [0.1, 0.15) is 5.75 Å². The minimum absolute atomic E-state index is 0.147. The summed E-state index contributed by atoms with van der Waals surface area (Å²) < 4.78 is 5.27. The molecule has 88 valence electrons. The Kier molecular flexibility index (Phi) is 4.58. The lowest BCUT2D eigenvalue weighted by Crippen LogP contribution is -2.14. The summed E-state index contributed by atoms with van der Waals surface area (Å²) in [5.41, 5.74) is 5.69. The van der Waals surface area contributed by atoms with Crippen LogP contribution in [0, 0.1) is 0 Å². The molecule has 5 heteroatoms. The molecule has 1 aromatic rings. The van der Waals surface area contributed by atoms with Gasteiger partial charge in [-0.15, -0.1) is 0 Å². The molecule has 1 atom stereocenters. The molecule has 0 spiro atoms. The molecule has 0 aromatic heterocycles. The lowest BCUT2D eigenvalue weighted by molar-refractivity contribution is -0.118. The van der Waals surface area contributed by atoms with Crippen LogP contribution in [0.4, 0.5) is 0 Å². The number of ether oxygens (including phenoxy) is 1. The van der Waals surface area contributed by atoms with E-state index in [-0.39, 0.29) is 13.0 Å². The lowest BCUT2D eigenvalue weighted by Gasteiger charge is -2.10. The van der Waals surface area contributed by atoms with Gasteiger partial charge in [0, 0.05) is 0 Å². The van der Waals surface area contributed by atoms with E-state index >= 15 is 0 Å². The molecule has 1 amide bonds. The van der Waals surface area contributed by atoms with Crippen molar-refractivity contribution in [1.29, 1.82) is 0 Å². The van der Waals surface area contributed by atoms with E-state index in [2.05, 4.69) is 0 Å². The quantitative estimate of drug-likeness (QED) is 0.826. The van der Waals surface area contributed by atoms with Gasteiger partial charge in [0.15, 0.2) is 0 Å². The van der Waals surface area contributed by atoms with Crippen LogP contribution in [0.5, 0.6) is 5.75 Å². The van der Waals surface area contributed by atoms with Gasteiger partial charge >= 0.3 is 0 Å². The van der Waals surface area contributed by atoms with Crippen LogP contribution in [0.15, 0.2) is 18.2 Å². The van der Waals surface area contributed by atoms with Crippen molar-refractivity contribution in [3.05, 3.63) is 28.8 Å². The minimum Gasteiger partial charge on any atom is -0.491 e. The fourth-order valence-corrected chi connectivity index (χ4v) is 1.40. The first-order valence-corrected chi connectivity index (χ1v) is 5.27. The van der Waals surface area contributed by atoms with E-state index in [1.807, 2.05) is 0 Å². The van der Waals surface area contributed by atoms with Gasteiger partial charge in [-0.05, 0) is 24.6 Å². The van der Waals surface area contributed by atoms with E-state index in [9.17, 15) is 9.90 Å². The van der Waals surface area contributed by atoms with Crippen molar-refractivity contribution in [2.45, 2.75) is 19.4 Å². The number of carbonyl (C=O) groups excluding carboxylic acids is 1. The Morgan fingerprint density at radius 1 is 1.62 bits per heavy atom. The van der Waals surface area contributed by atoms with Gasteiger partial charge in [0.25, 0.3) is 0 Å². The third-order valence-electron chi connectivity index (χ3n) is 2.04. The zero-order valence-corrected chi connectivity index (χ0v) is 9.70. The zero-order valence-electron chi connectivity index (χ0n) is 8.94. The summed E-state index contributed by atoms with van der Waals surface area (Å²) in [6.45, 7) is 1.85. The Bertz CT molecular complexity index is 379. The molecule has 0 saturated heterocycles. The molecule has 3 N–H and O–H groups in total. The maximum atomic E-state index is 10.5. The maximum absolute atomic E-state index is 10.5. The van der Waals surface area contributed by atoms with Crippen LogP contribution in [-0.4, -0.2) is 17.6 Å². The lowest BCUT2D eigenvalue weighted by atomic mass is 10.1. The number of rotatable bonds is 5. The topological polar surface area (TPSA) is 72.6 Å². The van der Waals surface area contributed by atoms with Crippen molar-refractivity contribution in [2.24, 2.45) is 5.73 Å². The van der Waals surface area contributed by atoms with E-state index in [1.165, 1.54) is 0 Å². The average molecular weight is 244 g/mol. The van der Waals surface area contributed by atoms with E-state index in [1.54, 1.807) is 25.1 Å². The average Bonchev–Trinajstić information content (AvgIpc) is 2.19. The molecule has 0 aliphatic rings. The van der Waals surface area contributed by atoms with Crippen molar-refractivity contribution >= 4 is 17.5 Å². The molecule has 16 heavy (non-hydrogen) atoms. The van der Waals surface area contributed by atoms with Crippen LogP contribution < -0.4 is 10.5 Å². The monoisotopic (exact) mass is 243 g/mol. The van der Waals surface area contributed by atoms with Gasteiger partial charge < -0.3 is 15.6 Å². The number of benzene rings is 1. The normalized spacial score (nSPS) is 12.2. The molecule has 0 aliphatic heterocycles. The van der Waals surface area contributed by atoms with Crippen LogP contribution in [0.2, 0.25) is 5.02 Å². The fraction of sp³-hybridized carbons (Fsp3) is 0.364. The predicted molar refractivity (Wildman–Crippen MR) is 61.4 cm³/mol. The van der Waals surface area contributed by atoms with Crippen molar-refractivity contribution in [2.75, 3.05) is 6.61 Å². The molecule has 0 fully saturated rings. The highest BCUT2D eigenvalue weighted by Gasteiger charge is 2.06. The third-order valence-corrected chi connectivity index (χ3v) is 2.34. The molecule has 4 nitrogen and oxygen atoms in total. The van der Waals surface area contributed by atoms with E-state index in [4.69, 9.17) is 22.1 Å². The summed E-state index contributed by atoms with van der Waals surface area (Å²) >= 11 is 5.94. The number of hydrogen-bond donors (Lipinski definition) is 2. The van der Waals surface area contributed by atoms with Gasteiger partial charge in [-0.1, -0.05) is 17.7 Å². The molecule has 0 heterocycles. The van der Waals surface area contributed by atoms with Gasteiger partial charge in [0.2, 0.25) is 5.91 Å². The number of carbonyl (C=O) groups is 1. The second-order valence-corrected chi connectivity index (χ2v) is 3.84. The molecular weight excluding hydrogens is 230 g/mol. The van der Waals surface area contributed by atoms with Crippen LogP contribution in [0.1, 0.15) is 25.0 Å². The Morgan fingerprint density at radius 2 is 2.31 bits per heavy atom. The van der Waals surface area contributed by atoms with Crippen LogP contribution in [0.25, 0.3) is 0 Å². The van der Waals surface area contributed by atoms with Crippen molar-refractivity contribution in [3.63, 3.8) is 0 Å². The largest absolute Gasteiger partial charge is 0.491 e. The minimum atomic E-state index is -0.572. The SMILES string of the molecule is C[C@H](O)c1ccc(OCCC(N)=O)c(Cl)c1. The predicted octanol–water partition coefficient (Wildman–Crippen LogP) is 1.65. The number of primary amides is 1. The molecule has 0 radical (unpaired) electrons. The second-order valence-electron chi connectivity index (χ2n) is 3.43. The highest BCUT2D eigenvalue weighted by Crippen LogP contribution is 2.27. The van der Waals surface area contributed by atoms with Crippen molar-refractivity contribution in [1.82, 2.24) is 0 Å². The van der Waals surface area contributed by atoms with Crippen LogP contribution in [0.3, 0.4) is 0 Å². The number of nitrogens with two attached hydrogens (primary N) is 1. The first kappa shape index (κ1) is 12.8. The summed E-state index contributed by atoms with van der Waals surface area (Å²) in [4.78, 5) is 10.5. The molecule has 0 saturated carbocycles. The van der Waals surface area contributed by atoms with E-state index < -0.39 is 12.0 Å². The number of amides is 1. The van der Waals surface area contributed by atoms with Crippen LogP contribution in [-0.2, 0) is 4.79 Å². The maximum Gasteiger partial charge on any atom is 0.220 e. The summed E-state index contributed by atoms with van der Waals surface area (Å²) in [6.07, 6.45) is -0.425. The highest BCUT2D eigenvalue weighted by atomic mass is 35.5. The smallest absolute Gasteiger partial charge is 0.220 e.